The lowest BCUT2D eigenvalue weighted by molar-refractivity contribution is -0.384. The zero-order valence-electron chi connectivity index (χ0n) is 10.8. The van der Waals surface area contributed by atoms with Crippen molar-refractivity contribution in [3.63, 3.8) is 0 Å². The van der Waals surface area contributed by atoms with Crippen LogP contribution in [0, 0.1) is 10.1 Å². The van der Waals surface area contributed by atoms with Crippen molar-refractivity contribution in [3.8, 4) is 5.75 Å². The average molecular weight is 265 g/mol. The van der Waals surface area contributed by atoms with Crippen LogP contribution in [0.25, 0.3) is 0 Å². The highest BCUT2D eigenvalue weighted by atomic mass is 16.6. The van der Waals surface area contributed by atoms with Gasteiger partial charge in [0.2, 0.25) is 0 Å². The van der Waals surface area contributed by atoms with Crippen LogP contribution in [0.2, 0.25) is 0 Å². The van der Waals surface area contributed by atoms with Gasteiger partial charge < -0.3 is 4.74 Å². The fourth-order valence-electron chi connectivity index (χ4n) is 1.08. The Morgan fingerprint density at radius 3 is 2.58 bits per heavy atom. The van der Waals surface area contributed by atoms with Gasteiger partial charge in [0.1, 0.15) is 5.75 Å². The molecule has 0 spiro atoms. The van der Waals surface area contributed by atoms with Gasteiger partial charge in [0.15, 0.2) is 6.61 Å². The van der Waals surface area contributed by atoms with Gasteiger partial charge in [-0.05, 0) is 25.5 Å². The number of hydrazone groups is 1. The Morgan fingerprint density at radius 2 is 2.05 bits per heavy atom. The molecule has 0 bridgehead atoms. The molecule has 0 atom stereocenters. The Morgan fingerprint density at radius 1 is 1.42 bits per heavy atom. The van der Waals surface area contributed by atoms with Crippen molar-refractivity contribution >= 4 is 17.3 Å². The molecule has 0 fully saturated rings. The van der Waals surface area contributed by atoms with E-state index in [0.717, 1.165) is 12.1 Å². The standard InChI is InChI=1S/C12H15N3O4/c1-3-9(2)13-14-12(16)8-19-11-6-4-10(5-7-11)15(17)18/h4-7H,3,8H2,1-2H3,(H,14,16)/b13-9-. The van der Waals surface area contributed by atoms with Gasteiger partial charge in [-0.25, -0.2) is 5.43 Å². The van der Waals surface area contributed by atoms with Crippen molar-refractivity contribution in [1.29, 1.82) is 0 Å². The van der Waals surface area contributed by atoms with Gasteiger partial charge in [-0.1, -0.05) is 6.92 Å². The summed E-state index contributed by atoms with van der Waals surface area (Å²) in [5.74, 6) is 0.00287. The number of carbonyl (C=O) groups excluding carboxylic acids is 1. The SMILES string of the molecule is CC/C(C)=N\NC(=O)COc1ccc([N+](=O)[O-])cc1. The van der Waals surface area contributed by atoms with Crippen molar-refractivity contribution < 1.29 is 14.5 Å². The largest absolute Gasteiger partial charge is 0.484 e. The molecule has 19 heavy (non-hydrogen) atoms. The van der Waals surface area contributed by atoms with Crippen LogP contribution >= 0.6 is 0 Å². The van der Waals surface area contributed by atoms with Crippen molar-refractivity contribution in [2.75, 3.05) is 6.61 Å². The summed E-state index contributed by atoms with van der Waals surface area (Å²) in [7, 11) is 0. The van der Waals surface area contributed by atoms with Gasteiger partial charge in [0.05, 0.1) is 4.92 Å². The van der Waals surface area contributed by atoms with E-state index in [2.05, 4.69) is 10.5 Å². The van der Waals surface area contributed by atoms with E-state index in [4.69, 9.17) is 4.74 Å². The van der Waals surface area contributed by atoms with Crippen LogP contribution in [-0.4, -0.2) is 23.1 Å². The molecule has 1 amide bonds. The van der Waals surface area contributed by atoms with E-state index in [1.165, 1.54) is 24.3 Å². The molecule has 1 N–H and O–H groups in total. The van der Waals surface area contributed by atoms with Crippen LogP contribution in [0.5, 0.6) is 5.75 Å². The number of nitrogens with one attached hydrogen (secondary N) is 1. The molecule has 1 aromatic carbocycles. The van der Waals surface area contributed by atoms with E-state index in [0.29, 0.717) is 5.75 Å². The molecule has 0 aromatic heterocycles. The molecule has 1 rings (SSSR count). The lowest BCUT2D eigenvalue weighted by atomic mass is 10.3. The van der Waals surface area contributed by atoms with Crippen molar-refractivity contribution in [1.82, 2.24) is 5.43 Å². The van der Waals surface area contributed by atoms with Gasteiger partial charge in [0.25, 0.3) is 11.6 Å². The molecular formula is C12H15N3O4. The molecule has 0 saturated carbocycles. The number of hydrogen-bond donors (Lipinski definition) is 1. The Kier molecular flexibility index (Phi) is 5.46. The highest BCUT2D eigenvalue weighted by Crippen LogP contribution is 2.16. The lowest BCUT2D eigenvalue weighted by Gasteiger charge is -2.05. The maximum Gasteiger partial charge on any atom is 0.277 e. The van der Waals surface area contributed by atoms with Crippen LogP contribution in [0.1, 0.15) is 20.3 Å². The monoisotopic (exact) mass is 265 g/mol. The minimum absolute atomic E-state index is 0.0278. The predicted octanol–water partition coefficient (Wildman–Crippen LogP) is 1.88. The van der Waals surface area contributed by atoms with Gasteiger partial charge >= 0.3 is 0 Å². The van der Waals surface area contributed by atoms with Crippen LogP contribution in [0.15, 0.2) is 29.4 Å². The Balaban J connectivity index is 2.44. The third kappa shape index (κ3) is 5.15. The van der Waals surface area contributed by atoms with Gasteiger partial charge in [-0.15, -0.1) is 0 Å². The maximum atomic E-state index is 11.4. The number of rotatable bonds is 6. The van der Waals surface area contributed by atoms with E-state index in [1.807, 2.05) is 6.92 Å². The second-order valence-electron chi connectivity index (χ2n) is 3.78. The zero-order chi connectivity index (χ0) is 14.3. The number of nitrogens with zero attached hydrogens (tertiary/aromatic N) is 2. The summed E-state index contributed by atoms with van der Waals surface area (Å²) in [5, 5.41) is 14.3. The van der Waals surface area contributed by atoms with E-state index >= 15 is 0 Å². The summed E-state index contributed by atoms with van der Waals surface area (Å²) in [4.78, 5) is 21.3. The molecule has 0 aliphatic rings. The molecule has 0 saturated heterocycles. The lowest BCUT2D eigenvalue weighted by Crippen LogP contribution is -2.25. The molecule has 7 nitrogen and oxygen atoms in total. The van der Waals surface area contributed by atoms with E-state index < -0.39 is 4.92 Å². The smallest absolute Gasteiger partial charge is 0.277 e. The number of nitro benzene ring substituents is 1. The molecule has 1 aromatic rings. The number of ether oxygens (including phenoxy) is 1. The molecule has 0 aliphatic heterocycles. The van der Waals surface area contributed by atoms with Crippen LogP contribution < -0.4 is 10.2 Å². The minimum Gasteiger partial charge on any atom is -0.484 e. The molecule has 102 valence electrons. The molecule has 0 aliphatic carbocycles. The molecule has 0 unspecified atom stereocenters. The fraction of sp³-hybridized carbons (Fsp3) is 0.333. The van der Waals surface area contributed by atoms with Crippen LogP contribution in [0.3, 0.4) is 0 Å². The highest BCUT2D eigenvalue weighted by molar-refractivity contribution is 5.84. The Labute approximate surface area is 110 Å². The van der Waals surface area contributed by atoms with Gasteiger partial charge in [-0.2, -0.15) is 5.10 Å². The third-order valence-corrected chi connectivity index (χ3v) is 2.30. The quantitative estimate of drug-likeness (QED) is 0.482. The topological polar surface area (TPSA) is 93.8 Å². The zero-order valence-corrected chi connectivity index (χ0v) is 10.8. The van der Waals surface area contributed by atoms with E-state index in [1.54, 1.807) is 6.92 Å². The van der Waals surface area contributed by atoms with E-state index in [9.17, 15) is 14.9 Å². The second-order valence-corrected chi connectivity index (χ2v) is 3.78. The summed E-state index contributed by atoms with van der Waals surface area (Å²) in [6.45, 7) is 3.54. The first-order chi connectivity index (χ1) is 9.02. The number of amides is 1. The predicted molar refractivity (Wildman–Crippen MR) is 70.1 cm³/mol. The first-order valence-corrected chi connectivity index (χ1v) is 5.72. The fourth-order valence-corrected chi connectivity index (χ4v) is 1.08. The second kappa shape index (κ2) is 7.10. The summed E-state index contributed by atoms with van der Waals surface area (Å²) >= 11 is 0. The third-order valence-electron chi connectivity index (χ3n) is 2.30. The number of nitro groups is 1. The van der Waals surface area contributed by atoms with Crippen LogP contribution in [-0.2, 0) is 4.79 Å². The molecule has 7 heteroatoms. The van der Waals surface area contributed by atoms with E-state index in [-0.39, 0.29) is 18.2 Å². The number of hydrogen-bond acceptors (Lipinski definition) is 5. The van der Waals surface area contributed by atoms with Crippen LogP contribution in [0.4, 0.5) is 5.69 Å². The number of non-ortho nitro benzene ring substituents is 1. The first kappa shape index (κ1) is 14.6. The normalized spacial score (nSPS) is 10.9. The average Bonchev–Trinajstić information content (AvgIpc) is 2.42. The van der Waals surface area contributed by atoms with Crippen molar-refractivity contribution in [2.45, 2.75) is 20.3 Å². The number of carbonyl (C=O) groups is 1. The molecule has 0 heterocycles. The summed E-state index contributed by atoms with van der Waals surface area (Å²) < 4.78 is 5.16. The molecule has 0 radical (unpaired) electrons. The minimum atomic E-state index is -0.501. The number of benzene rings is 1. The van der Waals surface area contributed by atoms with Gasteiger partial charge in [-0.3, -0.25) is 14.9 Å². The summed E-state index contributed by atoms with van der Waals surface area (Å²) in [6, 6.07) is 5.50. The Bertz CT molecular complexity index is 482. The summed E-state index contributed by atoms with van der Waals surface area (Å²) in [6.07, 6.45) is 0.753. The Hall–Kier alpha value is -2.44. The van der Waals surface area contributed by atoms with Crippen molar-refractivity contribution in [2.24, 2.45) is 5.10 Å². The van der Waals surface area contributed by atoms with Crippen molar-refractivity contribution in [3.05, 3.63) is 34.4 Å². The summed E-state index contributed by atoms with van der Waals surface area (Å²) in [5.41, 5.74) is 3.13. The molecular weight excluding hydrogens is 250 g/mol. The first-order valence-electron chi connectivity index (χ1n) is 5.72. The van der Waals surface area contributed by atoms with Gasteiger partial charge in [0, 0.05) is 17.8 Å². The maximum absolute atomic E-state index is 11.4. The highest BCUT2D eigenvalue weighted by Gasteiger charge is 2.06.